The number of benzene rings is 1. The highest BCUT2D eigenvalue weighted by Gasteiger charge is 2.63. The number of carbonyl (C=O) groups is 3. The van der Waals surface area contributed by atoms with Crippen LogP contribution in [0.3, 0.4) is 0 Å². The summed E-state index contributed by atoms with van der Waals surface area (Å²) in [5.41, 5.74) is 0.489. The van der Waals surface area contributed by atoms with Crippen molar-refractivity contribution in [1.29, 1.82) is 0 Å². The predicted molar refractivity (Wildman–Crippen MR) is 97.6 cm³/mol. The van der Waals surface area contributed by atoms with Crippen LogP contribution in [0.25, 0.3) is 0 Å². The molecular weight excluding hydrogens is 480 g/mol. The highest BCUT2D eigenvalue weighted by atomic mass is 79.9. The molecule has 10 heteroatoms. The lowest BCUT2D eigenvalue weighted by Crippen LogP contribution is -2.75. The first-order valence-electron chi connectivity index (χ1n) is 7.13. The molecule has 0 saturated carbocycles. The number of alkyl halides is 2. The highest BCUT2D eigenvalue weighted by molar-refractivity contribution is 9.11. The number of carboxylic acids is 1. The van der Waals surface area contributed by atoms with Gasteiger partial charge in [0.25, 0.3) is 11.8 Å². The molecule has 1 saturated heterocycles. The van der Waals surface area contributed by atoms with E-state index in [1.165, 1.54) is 0 Å². The third-order valence-electron chi connectivity index (χ3n) is 3.97. The summed E-state index contributed by atoms with van der Waals surface area (Å²) in [5.74, 6) is -2.34. The molecule has 3 rings (SSSR count). The molecule has 0 bridgehead atoms. The average Bonchev–Trinajstić information content (AvgIpc) is 2.61. The van der Waals surface area contributed by atoms with E-state index in [2.05, 4.69) is 37.2 Å². The molecule has 1 fully saturated rings. The molecule has 2 amide bonds. The van der Waals surface area contributed by atoms with E-state index in [1.54, 1.807) is 30.3 Å². The summed E-state index contributed by atoms with van der Waals surface area (Å²) < 4.78 is 12.0. The van der Waals surface area contributed by atoms with E-state index in [1.807, 2.05) is 0 Å². The molecule has 1 aromatic rings. The molecule has 25 heavy (non-hydrogen) atoms. The number of fused-ring (bicyclic) bond motifs is 1. The number of rotatable bonds is 4. The third kappa shape index (κ3) is 3.01. The Morgan fingerprint density at radius 2 is 1.96 bits per heavy atom. The number of carboxylic acid groups (broad SMARTS) is 1. The van der Waals surface area contributed by atoms with Gasteiger partial charge in [-0.25, -0.2) is 4.79 Å². The van der Waals surface area contributed by atoms with Gasteiger partial charge in [0.15, 0.2) is 10.2 Å². The maximum Gasteiger partial charge on any atom is 0.352 e. The van der Waals surface area contributed by atoms with Crippen molar-refractivity contribution in [3.63, 3.8) is 0 Å². The van der Waals surface area contributed by atoms with Gasteiger partial charge in [0.2, 0.25) is 5.37 Å². The molecule has 2 N–H and O–H groups in total. The summed E-state index contributed by atoms with van der Waals surface area (Å²) in [6.45, 7) is 0. The van der Waals surface area contributed by atoms with Crippen molar-refractivity contribution in [2.24, 2.45) is 0 Å². The van der Waals surface area contributed by atoms with Crippen LogP contribution in [0, 0.1) is 0 Å². The lowest BCUT2D eigenvalue weighted by atomic mass is 10.0. The Balaban J connectivity index is 1.88. The second-order valence-corrected chi connectivity index (χ2v) is 9.07. The number of amides is 2. The number of nitrogens with one attached hydrogen (secondary N) is 1. The Hall–Kier alpha value is -1.36. The van der Waals surface area contributed by atoms with E-state index in [0.29, 0.717) is 11.1 Å². The lowest BCUT2D eigenvalue weighted by Gasteiger charge is -2.50. The first-order valence-corrected chi connectivity index (χ1v) is 10.4. The monoisotopic (exact) mass is 490 g/mol. The van der Waals surface area contributed by atoms with Gasteiger partial charge in [0, 0.05) is 16.5 Å². The van der Waals surface area contributed by atoms with E-state index in [0.717, 1.165) is 4.90 Å². The van der Waals surface area contributed by atoms with Crippen LogP contribution < -0.4 is 5.32 Å². The summed E-state index contributed by atoms with van der Waals surface area (Å²) in [6, 6.07) is 7.28. The molecule has 132 valence electrons. The molecule has 4 atom stereocenters. The summed E-state index contributed by atoms with van der Waals surface area (Å²) in [7, 11) is 0. The maximum absolute atomic E-state index is 12.7. The molecule has 0 radical (unpaired) electrons. The topological polar surface area (TPSA) is 110 Å². The number of hydrogen-bond donors (Lipinski definition) is 2. The Labute approximate surface area is 162 Å². The van der Waals surface area contributed by atoms with Crippen LogP contribution in [0.15, 0.2) is 41.6 Å². The zero-order valence-corrected chi connectivity index (χ0v) is 16.5. The SMILES string of the molecule is O=C(O)C1=C(CBr)C(Br)[S+]([O-])[C@H]2C(NC(=O)c3ccccc3)C(=O)N12. The van der Waals surface area contributed by atoms with Crippen LogP contribution in [-0.2, 0) is 20.8 Å². The Bertz CT molecular complexity index is 772. The molecule has 0 aromatic heterocycles. The highest BCUT2D eigenvalue weighted by Crippen LogP contribution is 2.42. The van der Waals surface area contributed by atoms with Gasteiger partial charge in [-0.15, -0.1) is 0 Å². The molecule has 2 heterocycles. The largest absolute Gasteiger partial charge is 0.614 e. The van der Waals surface area contributed by atoms with Crippen LogP contribution in [0.1, 0.15) is 10.4 Å². The van der Waals surface area contributed by atoms with Gasteiger partial charge < -0.3 is 15.0 Å². The molecule has 2 aliphatic rings. The lowest BCUT2D eigenvalue weighted by molar-refractivity contribution is -0.149. The fraction of sp³-hybridized carbons (Fsp3) is 0.267. The number of aliphatic carboxylic acids is 1. The van der Waals surface area contributed by atoms with Crippen LogP contribution in [-0.4, -0.2) is 53.2 Å². The van der Waals surface area contributed by atoms with Gasteiger partial charge in [-0.05, 0) is 39.2 Å². The summed E-state index contributed by atoms with van der Waals surface area (Å²) in [5, 5.41) is 11.2. The third-order valence-corrected chi connectivity index (χ3v) is 7.89. The zero-order valence-electron chi connectivity index (χ0n) is 12.5. The summed E-state index contributed by atoms with van der Waals surface area (Å²) >= 11 is 4.81. The molecule has 0 aliphatic carbocycles. The van der Waals surface area contributed by atoms with E-state index >= 15 is 0 Å². The number of nitrogens with zero attached hydrogens (tertiary/aromatic N) is 1. The average molecular weight is 492 g/mol. The standard InChI is InChI=1S/C15H12Br2N2O5S/c16-6-8-10(15(22)23)19-13(21)9(14(19)25(24)11(8)17)18-12(20)7-4-2-1-3-5-7/h1-5,9,11,14H,6H2,(H,18,20)(H,22,23)/t9?,11?,14-,25?/m0/s1. The van der Waals surface area contributed by atoms with Crippen LogP contribution in [0.5, 0.6) is 0 Å². The van der Waals surface area contributed by atoms with Gasteiger partial charge >= 0.3 is 5.97 Å². The second kappa shape index (κ2) is 7.10. The number of halogens is 2. The summed E-state index contributed by atoms with van der Waals surface area (Å²) in [4.78, 5) is 37.3. The normalized spacial score (nSPS) is 28.3. The minimum absolute atomic E-state index is 0.161. The van der Waals surface area contributed by atoms with Gasteiger partial charge in [-0.2, -0.15) is 0 Å². The van der Waals surface area contributed by atoms with Crippen molar-refractivity contribution in [2.75, 3.05) is 5.33 Å². The summed E-state index contributed by atoms with van der Waals surface area (Å²) in [6.07, 6.45) is 0. The first-order chi connectivity index (χ1) is 11.9. The van der Waals surface area contributed by atoms with Gasteiger partial charge in [0.05, 0.1) is 0 Å². The van der Waals surface area contributed by atoms with E-state index in [-0.39, 0.29) is 11.0 Å². The zero-order chi connectivity index (χ0) is 18.3. The number of carbonyl (C=O) groups excluding carboxylic acids is 2. The molecule has 1 aromatic carbocycles. The fourth-order valence-corrected chi connectivity index (χ4v) is 6.65. The minimum atomic E-state index is -1.61. The Kier molecular flexibility index (Phi) is 5.24. The van der Waals surface area contributed by atoms with Crippen molar-refractivity contribution >= 4 is 60.8 Å². The molecule has 2 aliphatic heterocycles. The van der Waals surface area contributed by atoms with Crippen molar-refractivity contribution in [3.05, 3.63) is 47.2 Å². The molecular formula is C15H12Br2N2O5S. The number of hydrogen-bond acceptors (Lipinski definition) is 4. The van der Waals surface area contributed by atoms with Crippen molar-refractivity contribution < 1.29 is 24.0 Å². The Morgan fingerprint density at radius 3 is 2.52 bits per heavy atom. The van der Waals surface area contributed by atoms with Crippen molar-refractivity contribution in [2.45, 2.75) is 15.6 Å². The number of β-lactam (4-membered cyclic amide) rings is 1. The second-order valence-electron chi connectivity index (χ2n) is 5.37. The molecule has 3 unspecified atom stereocenters. The van der Waals surface area contributed by atoms with E-state index in [9.17, 15) is 24.0 Å². The first kappa shape index (κ1) is 18.4. The maximum atomic E-state index is 12.7. The fourth-order valence-electron chi connectivity index (χ4n) is 2.78. The smallest absolute Gasteiger partial charge is 0.352 e. The van der Waals surface area contributed by atoms with Crippen LogP contribution in [0.4, 0.5) is 0 Å². The van der Waals surface area contributed by atoms with Crippen molar-refractivity contribution in [1.82, 2.24) is 10.2 Å². The van der Waals surface area contributed by atoms with Crippen LogP contribution >= 0.6 is 31.9 Å². The van der Waals surface area contributed by atoms with Gasteiger partial charge in [-0.1, -0.05) is 34.1 Å². The molecule has 0 spiro atoms. The quantitative estimate of drug-likeness (QED) is 0.373. The van der Waals surface area contributed by atoms with Crippen molar-refractivity contribution in [3.8, 4) is 0 Å². The minimum Gasteiger partial charge on any atom is -0.614 e. The van der Waals surface area contributed by atoms with E-state index in [4.69, 9.17) is 0 Å². The van der Waals surface area contributed by atoms with Gasteiger partial charge in [0.1, 0.15) is 5.70 Å². The van der Waals surface area contributed by atoms with Crippen LogP contribution in [0.2, 0.25) is 0 Å². The van der Waals surface area contributed by atoms with E-state index < -0.39 is 44.5 Å². The van der Waals surface area contributed by atoms with Gasteiger partial charge in [-0.3, -0.25) is 14.5 Å². The Morgan fingerprint density at radius 1 is 1.32 bits per heavy atom. The molecule has 7 nitrogen and oxygen atoms in total. The predicted octanol–water partition coefficient (Wildman–Crippen LogP) is 1.17.